The second kappa shape index (κ2) is 3.33. The first kappa shape index (κ1) is 9.06. The minimum Gasteiger partial charge on any atom is -0.494 e. The van der Waals surface area contributed by atoms with Gasteiger partial charge in [-0.3, -0.25) is 10.1 Å². The lowest BCUT2D eigenvalue weighted by Crippen LogP contribution is -2.18. The van der Waals surface area contributed by atoms with Gasteiger partial charge in [-0.1, -0.05) is 0 Å². The number of fused-ring (bicyclic) bond motifs is 1. The van der Waals surface area contributed by atoms with E-state index in [1.54, 1.807) is 0 Å². The molecule has 5 heteroatoms. The zero-order valence-electron chi connectivity index (χ0n) is 7.53. The number of ether oxygens (including phenoxy) is 1. The topological polar surface area (TPSA) is 52.4 Å². The molecule has 4 nitrogen and oxygen atoms in total. The number of hydrogen-bond acceptors (Lipinski definition) is 3. The molecule has 0 spiro atoms. The van der Waals surface area contributed by atoms with Crippen LogP contribution in [0, 0.1) is 10.1 Å². The molecule has 0 saturated carbocycles. The number of non-ortho nitro benzene ring substituents is 1. The number of benzene rings is 1. The molecule has 14 heavy (non-hydrogen) atoms. The Bertz CT molecular complexity index is 392. The lowest BCUT2D eigenvalue weighted by Gasteiger charge is -2.18. The van der Waals surface area contributed by atoms with Gasteiger partial charge in [-0.15, -0.1) is 0 Å². The summed E-state index contributed by atoms with van der Waals surface area (Å²) in [5, 5.41) is 10.5. The van der Waals surface area contributed by atoms with E-state index in [2.05, 4.69) is 0 Å². The molecule has 1 heterocycles. The molecular weight excluding hydrogens is 181 g/mol. The van der Waals surface area contributed by atoms with Crippen molar-refractivity contribution >= 4 is 19.0 Å². The van der Waals surface area contributed by atoms with Crippen molar-refractivity contribution in [1.82, 2.24) is 0 Å². The van der Waals surface area contributed by atoms with Crippen molar-refractivity contribution in [2.24, 2.45) is 0 Å². The van der Waals surface area contributed by atoms with Crippen molar-refractivity contribution in [2.45, 2.75) is 12.8 Å². The number of hydrogen-bond donors (Lipinski definition) is 0. The van der Waals surface area contributed by atoms with E-state index in [0.717, 1.165) is 18.4 Å². The molecule has 1 aromatic carbocycles. The molecule has 70 valence electrons. The SMILES string of the molecule is [B]c1cc([N+](=O)[O-])cc2c1OCCC2. The van der Waals surface area contributed by atoms with Gasteiger partial charge in [0.1, 0.15) is 13.6 Å². The highest BCUT2D eigenvalue weighted by Gasteiger charge is 2.17. The van der Waals surface area contributed by atoms with Crippen LogP contribution in [0.1, 0.15) is 12.0 Å². The van der Waals surface area contributed by atoms with Crippen LogP contribution in [0.5, 0.6) is 5.75 Å². The fourth-order valence-electron chi connectivity index (χ4n) is 1.60. The van der Waals surface area contributed by atoms with Crippen LogP contribution in [0.4, 0.5) is 5.69 Å². The fourth-order valence-corrected chi connectivity index (χ4v) is 1.60. The Balaban J connectivity index is 2.51. The van der Waals surface area contributed by atoms with E-state index in [4.69, 9.17) is 12.6 Å². The third-order valence-corrected chi connectivity index (χ3v) is 2.23. The van der Waals surface area contributed by atoms with Crippen LogP contribution >= 0.6 is 0 Å². The maximum absolute atomic E-state index is 10.5. The minimum atomic E-state index is -0.439. The van der Waals surface area contributed by atoms with E-state index in [1.165, 1.54) is 12.1 Å². The Hall–Kier alpha value is -1.52. The minimum absolute atomic E-state index is 0.0340. The van der Waals surface area contributed by atoms with Crippen LogP contribution in [0.15, 0.2) is 12.1 Å². The predicted molar refractivity (Wildman–Crippen MR) is 52.3 cm³/mol. The van der Waals surface area contributed by atoms with Crippen molar-refractivity contribution in [3.63, 3.8) is 0 Å². The quantitative estimate of drug-likeness (QED) is 0.371. The molecule has 0 aliphatic carbocycles. The van der Waals surface area contributed by atoms with Crippen LogP contribution in [0.2, 0.25) is 0 Å². The average molecular weight is 189 g/mol. The van der Waals surface area contributed by atoms with E-state index in [9.17, 15) is 10.1 Å². The van der Waals surface area contributed by atoms with E-state index < -0.39 is 4.92 Å². The molecule has 2 radical (unpaired) electrons. The van der Waals surface area contributed by atoms with Crippen LogP contribution in [0.3, 0.4) is 0 Å². The molecule has 1 aromatic rings. The molecule has 1 aliphatic heterocycles. The van der Waals surface area contributed by atoms with E-state index in [1.807, 2.05) is 0 Å². The molecule has 0 bridgehead atoms. The normalized spacial score (nSPS) is 14.3. The third kappa shape index (κ3) is 1.45. The van der Waals surface area contributed by atoms with Gasteiger partial charge in [0, 0.05) is 17.7 Å². The number of nitro groups is 1. The van der Waals surface area contributed by atoms with Crippen molar-refractivity contribution in [3.8, 4) is 5.75 Å². The Morgan fingerprint density at radius 1 is 1.50 bits per heavy atom. The van der Waals surface area contributed by atoms with Crippen LogP contribution < -0.4 is 10.2 Å². The van der Waals surface area contributed by atoms with E-state index in [-0.39, 0.29) is 5.69 Å². The summed E-state index contributed by atoms with van der Waals surface area (Å²) in [5.74, 6) is 0.613. The van der Waals surface area contributed by atoms with Crippen LogP contribution in [0.25, 0.3) is 0 Å². The summed E-state index contributed by atoms with van der Waals surface area (Å²) in [5.41, 5.74) is 1.23. The van der Waals surface area contributed by atoms with Crippen LogP contribution in [-0.2, 0) is 6.42 Å². The van der Waals surface area contributed by atoms with Crippen molar-refractivity contribution in [3.05, 3.63) is 27.8 Å². The van der Waals surface area contributed by atoms with Gasteiger partial charge < -0.3 is 4.74 Å². The maximum Gasteiger partial charge on any atom is 0.269 e. The van der Waals surface area contributed by atoms with E-state index >= 15 is 0 Å². The Morgan fingerprint density at radius 2 is 2.29 bits per heavy atom. The molecule has 2 rings (SSSR count). The third-order valence-electron chi connectivity index (χ3n) is 2.23. The first-order valence-corrected chi connectivity index (χ1v) is 4.38. The predicted octanol–water partition coefficient (Wildman–Crippen LogP) is 0.714. The molecule has 0 N–H and O–H groups in total. The number of nitrogens with zero attached hydrogens (tertiary/aromatic N) is 1. The summed E-state index contributed by atoms with van der Waals surface area (Å²) >= 11 is 0. The average Bonchev–Trinajstić information content (AvgIpc) is 2.17. The zero-order chi connectivity index (χ0) is 10.1. The Kier molecular flexibility index (Phi) is 2.15. The van der Waals surface area contributed by atoms with Gasteiger partial charge in [0.05, 0.1) is 11.5 Å². The molecule has 1 aliphatic rings. The maximum atomic E-state index is 10.5. The van der Waals surface area contributed by atoms with Crippen LogP contribution in [-0.4, -0.2) is 19.4 Å². The van der Waals surface area contributed by atoms with Crippen molar-refractivity contribution in [2.75, 3.05) is 6.61 Å². The van der Waals surface area contributed by atoms with Gasteiger partial charge in [0.15, 0.2) is 0 Å². The van der Waals surface area contributed by atoms with E-state index in [0.29, 0.717) is 17.8 Å². The molecule has 0 atom stereocenters. The van der Waals surface area contributed by atoms with Gasteiger partial charge in [0.2, 0.25) is 0 Å². The number of aryl methyl sites for hydroxylation is 1. The molecule has 0 fully saturated rings. The molecule has 0 aromatic heterocycles. The lowest BCUT2D eigenvalue weighted by molar-refractivity contribution is -0.384. The summed E-state index contributed by atoms with van der Waals surface area (Å²) in [7, 11) is 5.65. The molecule has 0 unspecified atom stereocenters. The highest BCUT2D eigenvalue weighted by atomic mass is 16.6. The lowest BCUT2D eigenvalue weighted by atomic mass is 9.90. The summed E-state index contributed by atoms with van der Waals surface area (Å²) in [6.45, 7) is 0.634. The zero-order valence-corrected chi connectivity index (χ0v) is 7.53. The number of nitro benzene ring substituents is 1. The fraction of sp³-hybridized carbons (Fsp3) is 0.333. The standard InChI is InChI=1S/C9H8BNO3/c10-8-5-7(11(12)13)4-6-2-1-3-14-9(6)8/h4-5H,1-3H2. The van der Waals surface area contributed by atoms with Crippen molar-refractivity contribution in [1.29, 1.82) is 0 Å². The first-order chi connectivity index (χ1) is 6.68. The smallest absolute Gasteiger partial charge is 0.269 e. The molecular formula is C9H8BNO3. The number of rotatable bonds is 1. The summed E-state index contributed by atoms with van der Waals surface area (Å²) in [4.78, 5) is 10.1. The van der Waals surface area contributed by atoms with Gasteiger partial charge in [-0.25, -0.2) is 0 Å². The van der Waals surface area contributed by atoms with Gasteiger partial charge >= 0.3 is 0 Å². The highest BCUT2D eigenvalue weighted by Crippen LogP contribution is 2.26. The molecule has 0 saturated heterocycles. The van der Waals surface area contributed by atoms with Crippen molar-refractivity contribution < 1.29 is 9.66 Å². The summed E-state index contributed by atoms with van der Waals surface area (Å²) in [6, 6.07) is 2.87. The highest BCUT2D eigenvalue weighted by molar-refractivity contribution is 6.34. The Morgan fingerprint density at radius 3 is 3.00 bits per heavy atom. The largest absolute Gasteiger partial charge is 0.494 e. The Labute approximate surface area is 82.4 Å². The van der Waals surface area contributed by atoms with Gasteiger partial charge in [-0.05, 0) is 18.3 Å². The monoisotopic (exact) mass is 189 g/mol. The second-order valence-electron chi connectivity index (χ2n) is 3.23. The summed E-state index contributed by atoms with van der Waals surface area (Å²) < 4.78 is 5.34. The summed E-state index contributed by atoms with van der Waals surface area (Å²) in [6.07, 6.45) is 1.68. The molecule has 0 amide bonds. The second-order valence-corrected chi connectivity index (χ2v) is 3.23. The van der Waals surface area contributed by atoms with Gasteiger partial charge in [0.25, 0.3) is 5.69 Å². The van der Waals surface area contributed by atoms with Gasteiger partial charge in [-0.2, -0.15) is 0 Å². The first-order valence-electron chi connectivity index (χ1n) is 4.38.